The standard InChI is InChI=1S/C17H14Cl3NO3S/c18-9-4-5-15(24-7-11-12(19)2-1-3-13(11)20)10(6-9)16-21-14(8-25-16)17(22)23/h1-6,14,16,21H,7-8H2,(H,22,23). The van der Waals surface area contributed by atoms with Gasteiger partial charge in [0, 0.05) is 31.9 Å². The van der Waals surface area contributed by atoms with E-state index in [0.717, 1.165) is 5.56 Å². The Morgan fingerprint density at radius 3 is 2.60 bits per heavy atom. The molecular weight excluding hydrogens is 405 g/mol. The van der Waals surface area contributed by atoms with E-state index in [1.54, 1.807) is 36.4 Å². The molecule has 2 aromatic carbocycles. The molecule has 25 heavy (non-hydrogen) atoms. The van der Waals surface area contributed by atoms with E-state index < -0.39 is 12.0 Å². The summed E-state index contributed by atoms with van der Waals surface area (Å²) < 4.78 is 5.92. The van der Waals surface area contributed by atoms with E-state index in [1.807, 2.05) is 0 Å². The Balaban J connectivity index is 1.81. The molecule has 4 nitrogen and oxygen atoms in total. The molecule has 0 aromatic heterocycles. The van der Waals surface area contributed by atoms with Crippen molar-refractivity contribution in [3.05, 3.63) is 62.6 Å². The number of thioether (sulfide) groups is 1. The number of carbonyl (C=O) groups is 1. The molecule has 3 rings (SSSR count). The molecule has 1 fully saturated rings. The largest absolute Gasteiger partial charge is 0.488 e. The van der Waals surface area contributed by atoms with Gasteiger partial charge in [0.15, 0.2) is 0 Å². The summed E-state index contributed by atoms with van der Waals surface area (Å²) in [7, 11) is 0. The fraction of sp³-hybridized carbons (Fsp3) is 0.235. The molecule has 2 aromatic rings. The molecule has 1 saturated heterocycles. The van der Waals surface area contributed by atoms with Crippen molar-refractivity contribution in [2.75, 3.05) is 5.75 Å². The van der Waals surface area contributed by atoms with Crippen molar-refractivity contribution >= 4 is 52.5 Å². The van der Waals surface area contributed by atoms with E-state index in [9.17, 15) is 4.79 Å². The minimum Gasteiger partial charge on any atom is -0.488 e. The van der Waals surface area contributed by atoms with Crippen molar-refractivity contribution in [3.8, 4) is 5.75 Å². The molecule has 0 aliphatic carbocycles. The third kappa shape index (κ3) is 4.36. The molecule has 0 bridgehead atoms. The van der Waals surface area contributed by atoms with Gasteiger partial charge in [0.1, 0.15) is 18.4 Å². The lowest BCUT2D eigenvalue weighted by atomic mass is 10.1. The van der Waals surface area contributed by atoms with Gasteiger partial charge in [-0.05, 0) is 30.3 Å². The Kier molecular flexibility index (Phi) is 6.02. The SMILES string of the molecule is O=C(O)C1CSC(c2cc(Cl)ccc2OCc2c(Cl)cccc2Cl)N1. The number of carboxylic acids is 1. The first-order valence-electron chi connectivity index (χ1n) is 7.41. The van der Waals surface area contributed by atoms with Crippen LogP contribution in [0.2, 0.25) is 15.1 Å². The van der Waals surface area contributed by atoms with Gasteiger partial charge in [-0.25, -0.2) is 0 Å². The van der Waals surface area contributed by atoms with Gasteiger partial charge in [-0.2, -0.15) is 0 Å². The lowest BCUT2D eigenvalue weighted by Gasteiger charge is -2.18. The molecule has 2 unspecified atom stereocenters. The molecule has 0 radical (unpaired) electrons. The Morgan fingerprint density at radius 1 is 1.24 bits per heavy atom. The van der Waals surface area contributed by atoms with Gasteiger partial charge in [-0.3, -0.25) is 10.1 Å². The predicted molar refractivity (Wildman–Crippen MR) is 102 cm³/mol. The number of hydrogen-bond acceptors (Lipinski definition) is 4. The van der Waals surface area contributed by atoms with Crippen molar-refractivity contribution in [1.29, 1.82) is 0 Å². The quantitative estimate of drug-likeness (QED) is 0.714. The van der Waals surface area contributed by atoms with Crippen LogP contribution < -0.4 is 10.1 Å². The second-order valence-electron chi connectivity index (χ2n) is 5.44. The maximum atomic E-state index is 11.2. The summed E-state index contributed by atoms with van der Waals surface area (Å²) in [5.74, 6) is 0.209. The van der Waals surface area contributed by atoms with Gasteiger partial charge < -0.3 is 9.84 Å². The second-order valence-corrected chi connectivity index (χ2v) is 7.83. The van der Waals surface area contributed by atoms with Crippen molar-refractivity contribution in [2.24, 2.45) is 0 Å². The maximum absolute atomic E-state index is 11.2. The highest BCUT2D eigenvalue weighted by Crippen LogP contribution is 2.39. The van der Waals surface area contributed by atoms with Crippen LogP contribution in [0.4, 0.5) is 0 Å². The van der Waals surface area contributed by atoms with Crippen LogP contribution in [0.25, 0.3) is 0 Å². The molecule has 0 saturated carbocycles. The molecule has 132 valence electrons. The Morgan fingerprint density at radius 2 is 1.96 bits per heavy atom. The second kappa shape index (κ2) is 8.06. The normalized spacial score (nSPS) is 19.8. The number of halogens is 3. The van der Waals surface area contributed by atoms with Crippen LogP contribution in [0.5, 0.6) is 5.75 Å². The zero-order valence-corrected chi connectivity index (χ0v) is 15.9. The first-order chi connectivity index (χ1) is 12.0. The van der Waals surface area contributed by atoms with Crippen molar-refractivity contribution in [1.82, 2.24) is 5.32 Å². The lowest BCUT2D eigenvalue weighted by molar-refractivity contribution is -0.138. The molecule has 1 heterocycles. The summed E-state index contributed by atoms with van der Waals surface area (Å²) in [6.45, 7) is 0.201. The summed E-state index contributed by atoms with van der Waals surface area (Å²) in [4.78, 5) is 11.2. The monoisotopic (exact) mass is 417 g/mol. The van der Waals surface area contributed by atoms with Crippen LogP contribution in [0.1, 0.15) is 16.5 Å². The molecule has 0 spiro atoms. The number of carboxylic acid groups (broad SMARTS) is 1. The first kappa shape index (κ1) is 18.7. The molecule has 2 atom stereocenters. The molecule has 0 amide bonds. The van der Waals surface area contributed by atoms with Crippen LogP contribution >= 0.6 is 46.6 Å². The summed E-state index contributed by atoms with van der Waals surface area (Å²) in [5, 5.41) is 13.6. The fourth-order valence-corrected chi connectivity index (χ4v) is 4.40. The van der Waals surface area contributed by atoms with Crippen LogP contribution in [0, 0.1) is 0 Å². The molecule has 1 aliphatic heterocycles. The van der Waals surface area contributed by atoms with Crippen molar-refractivity contribution < 1.29 is 14.6 Å². The number of ether oxygens (including phenoxy) is 1. The van der Waals surface area contributed by atoms with E-state index in [-0.39, 0.29) is 12.0 Å². The van der Waals surface area contributed by atoms with Gasteiger partial charge in [0.2, 0.25) is 0 Å². The Labute approximate surface area is 164 Å². The van der Waals surface area contributed by atoms with Gasteiger partial charge in [-0.15, -0.1) is 11.8 Å². The number of aliphatic carboxylic acids is 1. The average Bonchev–Trinajstić information content (AvgIpc) is 3.05. The Hall–Kier alpha value is -1.11. The van der Waals surface area contributed by atoms with Crippen LogP contribution in [0.3, 0.4) is 0 Å². The molecule has 8 heteroatoms. The zero-order valence-electron chi connectivity index (χ0n) is 12.8. The Bertz CT molecular complexity index is 782. The number of rotatable bonds is 5. The van der Waals surface area contributed by atoms with Gasteiger partial charge in [0.05, 0.1) is 5.37 Å². The molecule has 2 N–H and O–H groups in total. The molecular formula is C17H14Cl3NO3S. The number of hydrogen-bond donors (Lipinski definition) is 2. The van der Waals surface area contributed by atoms with E-state index in [0.29, 0.717) is 32.1 Å². The van der Waals surface area contributed by atoms with E-state index in [2.05, 4.69) is 5.32 Å². The molecule has 1 aliphatic rings. The summed E-state index contributed by atoms with van der Waals surface area (Å²) >= 11 is 20.0. The number of benzene rings is 2. The third-order valence-electron chi connectivity index (χ3n) is 3.77. The summed E-state index contributed by atoms with van der Waals surface area (Å²) in [5.41, 5.74) is 1.49. The van der Waals surface area contributed by atoms with E-state index in [1.165, 1.54) is 11.8 Å². The minimum absolute atomic E-state index is 0.201. The predicted octanol–water partition coefficient (Wildman–Crippen LogP) is 5.01. The fourth-order valence-electron chi connectivity index (χ4n) is 2.47. The first-order valence-corrected chi connectivity index (χ1v) is 9.59. The lowest BCUT2D eigenvalue weighted by Crippen LogP contribution is -2.33. The maximum Gasteiger partial charge on any atom is 0.321 e. The third-order valence-corrected chi connectivity index (χ3v) is 5.96. The van der Waals surface area contributed by atoms with Crippen LogP contribution in [-0.2, 0) is 11.4 Å². The highest BCUT2D eigenvalue weighted by Gasteiger charge is 2.32. The highest BCUT2D eigenvalue weighted by atomic mass is 35.5. The van der Waals surface area contributed by atoms with Crippen LogP contribution in [0.15, 0.2) is 36.4 Å². The van der Waals surface area contributed by atoms with Crippen LogP contribution in [-0.4, -0.2) is 22.9 Å². The van der Waals surface area contributed by atoms with Gasteiger partial charge in [-0.1, -0.05) is 40.9 Å². The number of nitrogens with one attached hydrogen (secondary N) is 1. The smallest absolute Gasteiger partial charge is 0.321 e. The zero-order chi connectivity index (χ0) is 18.0. The van der Waals surface area contributed by atoms with Crippen molar-refractivity contribution in [2.45, 2.75) is 18.0 Å². The van der Waals surface area contributed by atoms with Gasteiger partial charge >= 0.3 is 5.97 Å². The van der Waals surface area contributed by atoms with Crippen molar-refractivity contribution in [3.63, 3.8) is 0 Å². The summed E-state index contributed by atoms with van der Waals surface area (Å²) in [6, 6.07) is 9.94. The van der Waals surface area contributed by atoms with E-state index in [4.69, 9.17) is 44.6 Å². The minimum atomic E-state index is -0.873. The highest BCUT2D eigenvalue weighted by molar-refractivity contribution is 7.99. The van der Waals surface area contributed by atoms with Gasteiger partial charge in [0.25, 0.3) is 0 Å². The van der Waals surface area contributed by atoms with E-state index >= 15 is 0 Å². The topological polar surface area (TPSA) is 58.6 Å². The summed E-state index contributed by atoms with van der Waals surface area (Å²) in [6.07, 6.45) is 0. The average molecular weight is 419 g/mol.